The first kappa shape index (κ1) is 12.1. The Morgan fingerprint density at radius 2 is 1.82 bits per heavy atom. The van der Waals surface area contributed by atoms with Crippen molar-refractivity contribution in [1.29, 1.82) is 0 Å². The Balaban J connectivity index is 2.46. The van der Waals surface area contributed by atoms with E-state index in [2.05, 4.69) is 45.9 Å². The molecule has 17 heavy (non-hydrogen) atoms. The first-order valence-corrected chi connectivity index (χ1v) is 6.18. The zero-order valence-corrected chi connectivity index (χ0v) is 11.1. The maximum atomic E-state index is 11.8. The van der Waals surface area contributed by atoms with Crippen molar-refractivity contribution >= 4 is 11.4 Å². The quantitative estimate of drug-likeness (QED) is 0.708. The van der Waals surface area contributed by atoms with Crippen LogP contribution in [0.3, 0.4) is 0 Å². The standard InChI is InChI=1S/C16H20O/c1-11-5-6-12(2)15(7-11)13-8-14(17)10-16(3,4)9-13/h5-8H,9-10H2,1-4H3. The first-order valence-electron chi connectivity index (χ1n) is 6.18. The maximum Gasteiger partial charge on any atom is 0.156 e. The minimum Gasteiger partial charge on any atom is -0.295 e. The van der Waals surface area contributed by atoms with E-state index in [0.29, 0.717) is 6.42 Å². The van der Waals surface area contributed by atoms with Gasteiger partial charge in [0.1, 0.15) is 0 Å². The van der Waals surface area contributed by atoms with Gasteiger partial charge in [0.05, 0.1) is 0 Å². The fraction of sp³-hybridized carbons (Fsp3) is 0.438. The largest absolute Gasteiger partial charge is 0.295 e. The number of hydrogen-bond donors (Lipinski definition) is 0. The lowest BCUT2D eigenvalue weighted by Crippen LogP contribution is -2.21. The summed E-state index contributed by atoms with van der Waals surface area (Å²) in [7, 11) is 0. The van der Waals surface area contributed by atoms with Gasteiger partial charge in [-0.05, 0) is 48.5 Å². The zero-order valence-electron chi connectivity index (χ0n) is 11.1. The summed E-state index contributed by atoms with van der Waals surface area (Å²) in [6.07, 6.45) is 3.50. The van der Waals surface area contributed by atoms with E-state index in [4.69, 9.17) is 0 Å². The molecule has 0 amide bonds. The van der Waals surface area contributed by atoms with Crippen molar-refractivity contribution in [1.82, 2.24) is 0 Å². The lowest BCUT2D eigenvalue weighted by molar-refractivity contribution is -0.116. The Morgan fingerprint density at radius 1 is 1.12 bits per heavy atom. The summed E-state index contributed by atoms with van der Waals surface area (Å²) in [5.41, 5.74) is 5.05. The SMILES string of the molecule is Cc1ccc(C)c(C2=CC(=O)CC(C)(C)C2)c1. The van der Waals surface area contributed by atoms with Gasteiger partial charge >= 0.3 is 0 Å². The molecular formula is C16H20O. The van der Waals surface area contributed by atoms with Gasteiger partial charge in [-0.1, -0.05) is 37.6 Å². The predicted octanol–water partition coefficient (Wildman–Crippen LogP) is 4.08. The molecule has 0 saturated carbocycles. The van der Waals surface area contributed by atoms with Gasteiger partial charge in [0.2, 0.25) is 0 Å². The molecule has 0 saturated heterocycles. The van der Waals surface area contributed by atoms with Gasteiger partial charge < -0.3 is 0 Å². The van der Waals surface area contributed by atoms with Gasteiger partial charge in [-0.15, -0.1) is 0 Å². The molecule has 90 valence electrons. The van der Waals surface area contributed by atoms with Gasteiger partial charge in [0.15, 0.2) is 5.78 Å². The number of rotatable bonds is 1. The fourth-order valence-electron chi connectivity index (χ4n) is 2.60. The zero-order chi connectivity index (χ0) is 12.6. The second kappa shape index (κ2) is 4.14. The van der Waals surface area contributed by atoms with E-state index >= 15 is 0 Å². The molecule has 1 aromatic carbocycles. The van der Waals surface area contributed by atoms with Crippen LogP contribution in [0.2, 0.25) is 0 Å². The Kier molecular flexibility index (Phi) is 2.94. The Labute approximate surface area is 104 Å². The number of carbonyl (C=O) groups excluding carboxylic acids is 1. The average Bonchev–Trinajstić information content (AvgIpc) is 2.18. The highest BCUT2D eigenvalue weighted by molar-refractivity contribution is 5.99. The molecule has 0 radical (unpaired) electrons. The summed E-state index contributed by atoms with van der Waals surface area (Å²) in [5.74, 6) is 0.261. The van der Waals surface area contributed by atoms with Crippen molar-refractivity contribution in [2.75, 3.05) is 0 Å². The Hall–Kier alpha value is -1.37. The molecule has 0 aromatic heterocycles. The van der Waals surface area contributed by atoms with E-state index < -0.39 is 0 Å². The van der Waals surface area contributed by atoms with Crippen molar-refractivity contribution in [3.8, 4) is 0 Å². The molecule has 0 aliphatic heterocycles. The van der Waals surface area contributed by atoms with E-state index in [1.165, 1.54) is 22.3 Å². The molecule has 1 aromatic rings. The molecule has 1 nitrogen and oxygen atoms in total. The topological polar surface area (TPSA) is 17.1 Å². The lowest BCUT2D eigenvalue weighted by atomic mass is 9.74. The number of carbonyl (C=O) groups is 1. The van der Waals surface area contributed by atoms with Crippen LogP contribution in [0.15, 0.2) is 24.3 Å². The highest BCUT2D eigenvalue weighted by atomic mass is 16.1. The van der Waals surface area contributed by atoms with E-state index in [0.717, 1.165) is 6.42 Å². The van der Waals surface area contributed by atoms with Gasteiger partial charge in [-0.25, -0.2) is 0 Å². The molecule has 0 fully saturated rings. The monoisotopic (exact) mass is 228 g/mol. The van der Waals surface area contributed by atoms with Crippen LogP contribution in [0.4, 0.5) is 0 Å². The van der Waals surface area contributed by atoms with Crippen LogP contribution in [0.1, 0.15) is 43.4 Å². The van der Waals surface area contributed by atoms with Crippen LogP contribution in [0, 0.1) is 19.3 Å². The molecule has 0 heterocycles. The van der Waals surface area contributed by atoms with E-state index in [1.54, 1.807) is 0 Å². The van der Waals surface area contributed by atoms with Crippen molar-refractivity contribution in [3.63, 3.8) is 0 Å². The van der Waals surface area contributed by atoms with Gasteiger partial charge in [0.25, 0.3) is 0 Å². The van der Waals surface area contributed by atoms with E-state index in [9.17, 15) is 4.79 Å². The fourth-order valence-corrected chi connectivity index (χ4v) is 2.60. The van der Waals surface area contributed by atoms with Crippen LogP contribution < -0.4 is 0 Å². The molecule has 0 atom stereocenters. The normalized spacial score (nSPS) is 19.1. The summed E-state index contributed by atoms with van der Waals surface area (Å²) in [4.78, 5) is 11.8. The minimum absolute atomic E-state index is 0.0946. The van der Waals surface area contributed by atoms with E-state index in [-0.39, 0.29) is 11.2 Å². The molecular weight excluding hydrogens is 208 g/mol. The molecule has 1 heteroatoms. The maximum absolute atomic E-state index is 11.8. The molecule has 0 bridgehead atoms. The first-order chi connectivity index (χ1) is 7.87. The molecule has 2 rings (SSSR count). The number of allylic oxidation sites excluding steroid dienone is 2. The molecule has 1 aliphatic rings. The summed E-state index contributed by atoms with van der Waals surface area (Å²) >= 11 is 0. The smallest absolute Gasteiger partial charge is 0.156 e. The van der Waals surface area contributed by atoms with Gasteiger partial charge in [0, 0.05) is 6.42 Å². The van der Waals surface area contributed by atoms with Crippen LogP contribution in [-0.4, -0.2) is 5.78 Å². The highest BCUT2D eigenvalue weighted by Crippen LogP contribution is 2.39. The third-order valence-electron chi connectivity index (χ3n) is 3.40. The van der Waals surface area contributed by atoms with Crippen molar-refractivity contribution in [2.24, 2.45) is 5.41 Å². The number of hydrogen-bond acceptors (Lipinski definition) is 1. The molecule has 0 unspecified atom stereocenters. The predicted molar refractivity (Wildman–Crippen MR) is 71.9 cm³/mol. The third-order valence-corrected chi connectivity index (χ3v) is 3.40. The van der Waals surface area contributed by atoms with Gasteiger partial charge in [-0.3, -0.25) is 4.79 Å². The number of aryl methyl sites for hydroxylation is 2. The third kappa shape index (κ3) is 2.66. The summed E-state index contributed by atoms with van der Waals surface area (Å²) in [6, 6.07) is 6.45. The minimum atomic E-state index is 0.0946. The van der Waals surface area contributed by atoms with Crippen molar-refractivity contribution in [2.45, 2.75) is 40.5 Å². The van der Waals surface area contributed by atoms with Crippen LogP contribution >= 0.6 is 0 Å². The summed E-state index contributed by atoms with van der Waals surface area (Å²) < 4.78 is 0. The summed E-state index contributed by atoms with van der Waals surface area (Å²) in [5, 5.41) is 0. The molecule has 0 N–H and O–H groups in total. The highest BCUT2D eigenvalue weighted by Gasteiger charge is 2.28. The van der Waals surface area contributed by atoms with Crippen LogP contribution in [0.25, 0.3) is 5.57 Å². The van der Waals surface area contributed by atoms with E-state index in [1.807, 2.05) is 6.08 Å². The Bertz CT molecular complexity index is 492. The number of ketones is 1. The Morgan fingerprint density at radius 3 is 2.47 bits per heavy atom. The van der Waals surface area contributed by atoms with Crippen molar-refractivity contribution < 1.29 is 4.79 Å². The van der Waals surface area contributed by atoms with Crippen LogP contribution in [-0.2, 0) is 4.79 Å². The molecule has 1 aliphatic carbocycles. The summed E-state index contributed by atoms with van der Waals surface area (Å²) in [6.45, 7) is 8.55. The second-order valence-corrected chi connectivity index (χ2v) is 5.97. The van der Waals surface area contributed by atoms with Gasteiger partial charge in [-0.2, -0.15) is 0 Å². The molecule has 0 spiro atoms. The number of benzene rings is 1. The average molecular weight is 228 g/mol. The van der Waals surface area contributed by atoms with Crippen molar-refractivity contribution in [3.05, 3.63) is 41.0 Å². The second-order valence-electron chi connectivity index (χ2n) is 5.97. The lowest BCUT2D eigenvalue weighted by Gasteiger charge is -2.29. The van der Waals surface area contributed by atoms with Crippen LogP contribution in [0.5, 0.6) is 0 Å².